The first kappa shape index (κ1) is 12.8. The molecule has 3 rings (SSSR count). The van der Waals surface area contributed by atoms with Gasteiger partial charge in [-0.25, -0.2) is 4.98 Å². The number of hydrogen-bond acceptors (Lipinski definition) is 4. The molecular formula is C14H19N3OS. The summed E-state index contributed by atoms with van der Waals surface area (Å²) in [5.74, 6) is 0.806. The van der Waals surface area contributed by atoms with Crippen LogP contribution in [-0.4, -0.2) is 27.4 Å². The van der Waals surface area contributed by atoms with E-state index in [0.29, 0.717) is 0 Å². The summed E-state index contributed by atoms with van der Waals surface area (Å²) in [5.41, 5.74) is 0.939. The van der Waals surface area contributed by atoms with E-state index in [1.807, 2.05) is 5.38 Å². The number of piperidine rings is 1. The maximum Gasteiger partial charge on any atom is 0.258 e. The van der Waals surface area contributed by atoms with Crippen molar-refractivity contribution in [3.8, 4) is 0 Å². The molecular weight excluding hydrogens is 258 g/mol. The predicted octanol–water partition coefficient (Wildman–Crippen LogP) is 2.38. The first-order valence-electron chi connectivity index (χ1n) is 6.94. The second-order valence-electron chi connectivity index (χ2n) is 5.29. The fourth-order valence-corrected chi connectivity index (χ4v) is 3.56. The van der Waals surface area contributed by atoms with Crippen LogP contribution in [0.2, 0.25) is 0 Å². The maximum atomic E-state index is 11.9. The molecule has 0 amide bonds. The number of nitrogens with zero attached hydrogens (tertiary/aromatic N) is 3. The molecule has 0 aliphatic carbocycles. The number of aromatic nitrogens is 2. The molecule has 0 spiro atoms. The lowest BCUT2D eigenvalue weighted by Gasteiger charge is -2.31. The van der Waals surface area contributed by atoms with E-state index >= 15 is 0 Å². The van der Waals surface area contributed by atoms with Crippen LogP contribution in [0.15, 0.2) is 22.4 Å². The molecule has 0 bridgehead atoms. The molecule has 2 aromatic heterocycles. The molecule has 0 radical (unpaired) electrons. The molecule has 1 aliphatic rings. The van der Waals surface area contributed by atoms with E-state index in [2.05, 4.69) is 16.8 Å². The van der Waals surface area contributed by atoms with Crippen LogP contribution >= 0.6 is 11.3 Å². The van der Waals surface area contributed by atoms with Crippen molar-refractivity contribution in [3.05, 3.63) is 33.7 Å². The average Bonchev–Trinajstić information content (AvgIpc) is 2.88. The number of fused-ring (bicyclic) bond motifs is 1. The summed E-state index contributed by atoms with van der Waals surface area (Å²) in [6.07, 6.45) is 5.63. The van der Waals surface area contributed by atoms with Crippen LogP contribution in [-0.2, 0) is 6.54 Å². The van der Waals surface area contributed by atoms with Crippen molar-refractivity contribution in [2.75, 3.05) is 13.1 Å². The van der Waals surface area contributed by atoms with Crippen LogP contribution < -0.4 is 5.56 Å². The Bertz CT molecular complexity index is 618. The summed E-state index contributed by atoms with van der Waals surface area (Å²) in [7, 11) is 0. The quantitative estimate of drug-likeness (QED) is 0.864. The Hall–Kier alpha value is -1.20. The van der Waals surface area contributed by atoms with Gasteiger partial charge in [0.05, 0.1) is 5.69 Å². The third-order valence-electron chi connectivity index (χ3n) is 3.92. The molecule has 1 aliphatic heterocycles. The summed E-state index contributed by atoms with van der Waals surface area (Å²) in [4.78, 5) is 19.7. The second-order valence-corrected chi connectivity index (χ2v) is 6.17. The van der Waals surface area contributed by atoms with Crippen LogP contribution in [0.3, 0.4) is 0 Å². The van der Waals surface area contributed by atoms with Gasteiger partial charge in [-0.2, -0.15) is 0 Å². The molecule has 0 aromatic carbocycles. The molecule has 0 saturated carbocycles. The van der Waals surface area contributed by atoms with Gasteiger partial charge in [-0.1, -0.05) is 13.3 Å². The normalized spacial score (nSPS) is 21.0. The second kappa shape index (κ2) is 5.43. The molecule has 4 nitrogen and oxygen atoms in total. The molecule has 0 unspecified atom stereocenters. The first-order valence-corrected chi connectivity index (χ1v) is 7.82. The lowest BCUT2D eigenvalue weighted by molar-refractivity contribution is 0.163. The first-order chi connectivity index (χ1) is 9.26. The molecule has 3 heterocycles. The Morgan fingerprint density at radius 2 is 2.42 bits per heavy atom. The van der Waals surface area contributed by atoms with Gasteiger partial charge in [0.25, 0.3) is 5.56 Å². The molecule has 1 atom stereocenters. The highest BCUT2D eigenvalue weighted by molar-refractivity contribution is 7.15. The van der Waals surface area contributed by atoms with E-state index in [9.17, 15) is 4.79 Å². The Labute approximate surface area is 116 Å². The summed E-state index contributed by atoms with van der Waals surface area (Å²) in [6, 6.07) is 1.68. The van der Waals surface area contributed by atoms with Gasteiger partial charge in [0.15, 0.2) is 4.96 Å². The van der Waals surface area contributed by atoms with Gasteiger partial charge in [0.1, 0.15) is 0 Å². The number of likely N-dealkylation sites (tertiary alicyclic amines) is 1. The summed E-state index contributed by atoms with van der Waals surface area (Å²) in [5, 5.41) is 1.90. The van der Waals surface area contributed by atoms with Crippen LogP contribution in [0.5, 0.6) is 0 Å². The Morgan fingerprint density at radius 1 is 1.53 bits per heavy atom. The van der Waals surface area contributed by atoms with Crippen molar-refractivity contribution >= 4 is 16.3 Å². The van der Waals surface area contributed by atoms with Crippen molar-refractivity contribution in [3.63, 3.8) is 0 Å². The Balaban J connectivity index is 1.79. The van der Waals surface area contributed by atoms with Crippen LogP contribution in [0.4, 0.5) is 0 Å². The zero-order valence-corrected chi connectivity index (χ0v) is 12.0. The van der Waals surface area contributed by atoms with Crippen molar-refractivity contribution in [1.29, 1.82) is 0 Å². The minimum atomic E-state index is 0.0327. The van der Waals surface area contributed by atoms with Crippen LogP contribution in [0.1, 0.15) is 31.9 Å². The predicted molar refractivity (Wildman–Crippen MR) is 77.6 cm³/mol. The van der Waals surface area contributed by atoms with E-state index < -0.39 is 0 Å². The highest BCUT2D eigenvalue weighted by Gasteiger charge is 2.19. The SMILES string of the molecule is CC[C@H]1CCCN(Cc2cc(=O)n3ccsc3n2)C1. The summed E-state index contributed by atoms with van der Waals surface area (Å²) >= 11 is 1.52. The third kappa shape index (κ3) is 2.72. The topological polar surface area (TPSA) is 37.6 Å². The van der Waals surface area contributed by atoms with Crippen molar-refractivity contribution in [1.82, 2.24) is 14.3 Å². The highest BCUT2D eigenvalue weighted by Crippen LogP contribution is 2.20. The van der Waals surface area contributed by atoms with Gasteiger partial charge in [0, 0.05) is 30.7 Å². The fourth-order valence-electron chi connectivity index (χ4n) is 2.83. The van der Waals surface area contributed by atoms with E-state index in [1.165, 1.54) is 30.6 Å². The smallest absolute Gasteiger partial charge is 0.258 e. The van der Waals surface area contributed by atoms with Crippen molar-refractivity contribution in [2.24, 2.45) is 5.92 Å². The lowest BCUT2D eigenvalue weighted by atomic mass is 9.95. The zero-order chi connectivity index (χ0) is 13.2. The van der Waals surface area contributed by atoms with Gasteiger partial charge in [0.2, 0.25) is 0 Å². The van der Waals surface area contributed by atoms with Gasteiger partial charge >= 0.3 is 0 Å². The number of rotatable bonds is 3. The molecule has 2 aromatic rings. The standard InChI is InChI=1S/C14H19N3OS/c1-2-11-4-3-5-16(9-11)10-12-8-13(18)17-6-7-19-14(17)15-12/h6-8,11H,2-5,9-10H2,1H3/t11-/m0/s1. The molecule has 1 saturated heterocycles. The summed E-state index contributed by atoms with van der Waals surface area (Å²) < 4.78 is 1.61. The lowest BCUT2D eigenvalue weighted by Crippen LogP contribution is -2.35. The fraction of sp³-hybridized carbons (Fsp3) is 0.571. The molecule has 1 fully saturated rings. The van der Waals surface area contributed by atoms with Gasteiger partial charge in [-0.05, 0) is 25.3 Å². The highest BCUT2D eigenvalue weighted by atomic mass is 32.1. The van der Waals surface area contributed by atoms with E-state index in [1.54, 1.807) is 16.7 Å². The number of hydrogen-bond donors (Lipinski definition) is 0. The molecule has 5 heteroatoms. The Morgan fingerprint density at radius 3 is 3.26 bits per heavy atom. The average molecular weight is 277 g/mol. The number of thiazole rings is 1. The third-order valence-corrected chi connectivity index (χ3v) is 4.68. The van der Waals surface area contributed by atoms with Crippen molar-refractivity contribution < 1.29 is 0 Å². The summed E-state index contributed by atoms with van der Waals surface area (Å²) in [6.45, 7) is 5.33. The van der Waals surface area contributed by atoms with E-state index in [4.69, 9.17) is 0 Å². The van der Waals surface area contributed by atoms with Gasteiger partial charge < -0.3 is 0 Å². The molecule has 0 N–H and O–H groups in total. The maximum absolute atomic E-state index is 11.9. The van der Waals surface area contributed by atoms with Crippen LogP contribution in [0.25, 0.3) is 4.96 Å². The zero-order valence-electron chi connectivity index (χ0n) is 11.2. The monoisotopic (exact) mass is 277 g/mol. The van der Waals surface area contributed by atoms with E-state index in [-0.39, 0.29) is 5.56 Å². The molecule has 19 heavy (non-hydrogen) atoms. The van der Waals surface area contributed by atoms with Crippen molar-refractivity contribution in [2.45, 2.75) is 32.7 Å². The van der Waals surface area contributed by atoms with Crippen LogP contribution in [0, 0.1) is 5.92 Å². The van der Waals surface area contributed by atoms with E-state index in [0.717, 1.165) is 36.2 Å². The van der Waals surface area contributed by atoms with Gasteiger partial charge in [-0.3, -0.25) is 14.1 Å². The van der Waals surface area contributed by atoms with Gasteiger partial charge in [-0.15, -0.1) is 11.3 Å². The Kier molecular flexibility index (Phi) is 3.66. The molecule has 102 valence electrons. The largest absolute Gasteiger partial charge is 0.297 e. The minimum Gasteiger partial charge on any atom is -0.297 e. The minimum absolute atomic E-state index is 0.0327.